The van der Waals surface area contributed by atoms with E-state index >= 15 is 0 Å². The minimum absolute atomic E-state index is 0.218. The molecular weight excluding hydrogens is 260 g/mol. The van der Waals surface area contributed by atoms with Crippen LogP contribution in [0.15, 0.2) is 18.2 Å². The first kappa shape index (κ1) is 14.5. The molecule has 1 aliphatic carbocycles. The average molecular weight is 283 g/mol. The van der Waals surface area contributed by atoms with Gasteiger partial charge in [-0.15, -0.1) is 11.6 Å². The standard InChI is InChI=1S/C16H23ClO2/c1-11-5-4-6-13(11)14(17)9-12-7-8-15(18-2)16(10-12)19-3/h7-8,10-11,13-14H,4-6,9H2,1-3H3. The summed E-state index contributed by atoms with van der Waals surface area (Å²) in [6, 6.07) is 6.07. The van der Waals surface area contributed by atoms with Crippen LogP contribution in [0.25, 0.3) is 0 Å². The lowest BCUT2D eigenvalue weighted by Crippen LogP contribution is -2.19. The second-order valence-electron chi connectivity index (χ2n) is 5.48. The van der Waals surface area contributed by atoms with Crippen molar-refractivity contribution in [3.8, 4) is 11.5 Å². The summed E-state index contributed by atoms with van der Waals surface area (Å²) in [6.07, 6.45) is 4.81. The van der Waals surface area contributed by atoms with Gasteiger partial charge in [0.15, 0.2) is 11.5 Å². The Hall–Kier alpha value is -0.890. The third kappa shape index (κ3) is 3.36. The van der Waals surface area contributed by atoms with Crippen molar-refractivity contribution in [2.24, 2.45) is 11.8 Å². The van der Waals surface area contributed by atoms with Crippen molar-refractivity contribution in [2.45, 2.75) is 38.0 Å². The highest BCUT2D eigenvalue weighted by atomic mass is 35.5. The lowest BCUT2D eigenvalue weighted by molar-refractivity contribution is 0.354. The van der Waals surface area contributed by atoms with E-state index in [1.54, 1.807) is 14.2 Å². The highest BCUT2D eigenvalue weighted by molar-refractivity contribution is 6.21. The summed E-state index contributed by atoms with van der Waals surface area (Å²) in [5, 5.41) is 0.218. The van der Waals surface area contributed by atoms with Crippen LogP contribution in [0.4, 0.5) is 0 Å². The van der Waals surface area contributed by atoms with Gasteiger partial charge in [-0.05, 0) is 42.4 Å². The van der Waals surface area contributed by atoms with E-state index in [9.17, 15) is 0 Å². The Morgan fingerprint density at radius 3 is 2.53 bits per heavy atom. The van der Waals surface area contributed by atoms with E-state index in [0.29, 0.717) is 5.92 Å². The van der Waals surface area contributed by atoms with Gasteiger partial charge in [0.1, 0.15) is 0 Å². The van der Waals surface area contributed by atoms with E-state index in [1.165, 1.54) is 24.8 Å². The molecule has 19 heavy (non-hydrogen) atoms. The van der Waals surface area contributed by atoms with Crippen molar-refractivity contribution < 1.29 is 9.47 Å². The molecule has 0 aromatic heterocycles. The Bertz CT molecular complexity index is 419. The molecule has 1 fully saturated rings. The normalized spacial score (nSPS) is 24.2. The van der Waals surface area contributed by atoms with Crippen molar-refractivity contribution in [1.29, 1.82) is 0 Å². The lowest BCUT2D eigenvalue weighted by Gasteiger charge is -2.21. The zero-order valence-corrected chi connectivity index (χ0v) is 12.7. The number of hydrogen-bond acceptors (Lipinski definition) is 2. The van der Waals surface area contributed by atoms with Crippen molar-refractivity contribution in [3.05, 3.63) is 23.8 Å². The largest absolute Gasteiger partial charge is 0.493 e. The summed E-state index contributed by atoms with van der Waals surface area (Å²) < 4.78 is 10.6. The molecule has 2 nitrogen and oxygen atoms in total. The van der Waals surface area contributed by atoms with Crippen LogP contribution in [0, 0.1) is 11.8 Å². The fraction of sp³-hybridized carbons (Fsp3) is 0.625. The van der Waals surface area contributed by atoms with E-state index in [2.05, 4.69) is 13.0 Å². The van der Waals surface area contributed by atoms with Gasteiger partial charge in [0.25, 0.3) is 0 Å². The van der Waals surface area contributed by atoms with E-state index in [1.807, 2.05) is 12.1 Å². The third-order valence-corrected chi connectivity index (χ3v) is 4.75. The smallest absolute Gasteiger partial charge is 0.160 e. The molecule has 2 rings (SSSR count). The Kier molecular flexibility index (Phi) is 4.98. The fourth-order valence-corrected chi connectivity index (χ4v) is 3.65. The van der Waals surface area contributed by atoms with Gasteiger partial charge in [-0.3, -0.25) is 0 Å². The molecule has 0 amide bonds. The van der Waals surface area contributed by atoms with Gasteiger partial charge in [0.2, 0.25) is 0 Å². The molecule has 3 heteroatoms. The number of ether oxygens (including phenoxy) is 2. The highest BCUT2D eigenvalue weighted by Gasteiger charge is 2.29. The Labute approximate surface area is 121 Å². The molecule has 0 saturated heterocycles. The maximum Gasteiger partial charge on any atom is 0.160 e. The first-order chi connectivity index (χ1) is 9.15. The van der Waals surface area contributed by atoms with Crippen LogP contribution in [0.3, 0.4) is 0 Å². The van der Waals surface area contributed by atoms with Gasteiger partial charge < -0.3 is 9.47 Å². The number of alkyl halides is 1. The molecule has 0 spiro atoms. The van der Waals surface area contributed by atoms with Crippen LogP contribution in [-0.4, -0.2) is 19.6 Å². The van der Waals surface area contributed by atoms with Crippen molar-refractivity contribution in [3.63, 3.8) is 0 Å². The van der Waals surface area contributed by atoms with Gasteiger partial charge in [0, 0.05) is 5.38 Å². The lowest BCUT2D eigenvalue weighted by atomic mass is 9.91. The monoisotopic (exact) mass is 282 g/mol. The summed E-state index contributed by atoms with van der Waals surface area (Å²) >= 11 is 6.61. The zero-order valence-electron chi connectivity index (χ0n) is 12.0. The molecule has 3 unspecified atom stereocenters. The Morgan fingerprint density at radius 1 is 1.21 bits per heavy atom. The summed E-state index contributed by atoms with van der Waals surface area (Å²) in [7, 11) is 3.32. The van der Waals surface area contributed by atoms with Crippen LogP contribution in [0.1, 0.15) is 31.7 Å². The van der Waals surface area contributed by atoms with Crippen molar-refractivity contribution >= 4 is 11.6 Å². The minimum atomic E-state index is 0.218. The predicted molar refractivity (Wildman–Crippen MR) is 79.4 cm³/mol. The molecule has 106 valence electrons. The molecule has 1 aromatic rings. The van der Waals surface area contributed by atoms with Crippen LogP contribution >= 0.6 is 11.6 Å². The molecule has 1 aliphatic rings. The van der Waals surface area contributed by atoms with Gasteiger partial charge in [0.05, 0.1) is 14.2 Å². The van der Waals surface area contributed by atoms with Crippen molar-refractivity contribution in [2.75, 3.05) is 14.2 Å². The number of methoxy groups -OCH3 is 2. The van der Waals surface area contributed by atoms with Gasteiger partial charge >= 0.3 is 0 Å². The van der Waals surface area contributed by atoms with E-state index in [0.717, 1.165) is 23.8 Å². The van der Waals surface area contributed by atoms with Gasteiger partial charge in [-0.2, -0.15) is 0 Å². The van der Waals surface area contributed by atoms with Crippen LogP contribution < -0.4 is 9.47 Å². The number of benzene rings is 1. The maximum absolute atomic E-state index is 6.61. The van der Waals surface area contributed by atoms with E-state index in [-0.39, 0.29) is 5.38 Å². The molecule has 3 atom stereocenters. The Morgan fingerprint density at radius 2 is 1.95 bits per heavy atom. The summed E-state index contributed by atoms with van der Waals surface area (Å²) in [4.78, 5) is 0. The first-order valence-corrected chi connectivity index (χ1v) is 7.44. The number of rotatable bonds is 5. The second kappa shape index (κ2) is 6.51. The molecule has 1 saturated carbocycles. The molecule has 0 radical (unpaired) electrons. The van der Waals surface area contributed by atoms with Gasteiger partial charge in [-0.25, -0.2) is 0 Å². The fourth-order valence-electron chi connectivity index (χ4n) is 3.10. The topological polar surface area (TPSA) is 18.5 Å². The SMILES string of the molecule is COc1ccc(CC(Cl)C2CCCC2C)cc1OC. The second-order valence-corrected chi connectivity index (χ2v) is 6.04. The minimum Gasteiger partial charge on any atom is -0.493 e. The zero-order chi connectivity index (χ0) is 13.8. The molecule has 0 heterocycles. The van der Waals surface area contributed by atoms with Gasteiger partial charge in [-0.1, -0.05) is 25.8 Å². The maximum atomic E-state index is 6.61. The van der Waals surface area contributed by atoms with Crippen LogP contribution in [0.5, 0.6) is 11.5 Å². The summed E-state index contributed by atoms with van der Waals surface area (Å²) in [5.41, 5.74) is 1.22. The van der Waals surface area contributed by atoms with Crippen LogP contribution in [-0.2, 0) is 6.42 Å². The van der Waals surface area contributed by atoms with Crippen LogP contribution in [0.2, 0.25) is 0 Å². The average Bonchev–Trinajstić information content (AvgIpc) is 2.85. The Balaban J connectivity index is 2.06. The number of hydrogen-bond donors (Lipinski definition) is 0. The predicted octanol–water partition coefficient (Wildman–Crippen LogP) is 4.29. The number of halogens is 1. The molecule has 0 N–H and O–H groups in total. The molecule has 1 aromatic carbocycles. The van der Waals surface area contributed by atoms with E-state index < -0.39 is 0 Å². The molecular formula is C16H23ClO2. The summed E-state index contributed by atoms with van der Waals surface area (Å²) in [6.45, 7) is 2.32. The first-order valence-electron chi connectivity index (χ1n) is 7.00. The third-order valence-electron chi connectivity index (χ3n) is 4.27. The summed E-state index contributed by atoms with van der Waals surface area (Å²) in [5.74, 6) is 2.95. The molecule has 0 aliphatic heterocycles. The highest BCUT2D eigenvalue weighted by Crippen LogP contribution is 2.37. The van der Waals surface area contributed by atoms with Crippen molar-refractivity contribution in [1.82, 2.24) is 0 Å². The quantitative estimate of drug-likeness (QED) is 0.750. The molecule has 0 bridgehead atoms. The van der Waals surface area contributed by atoms with E-state index in [4.69, 9.17) is 21.1 Å².